The van der Waals surface area contributed by atoms with Crippen LogP contribution in [0, 0.1) is 6.92 Å². The minimum Gasteiger partial charge on any atom is -0.459 e. The van der Waals surface area contributed by atoms with Gasteiger partial charge in [-0.1, -0.05) is 43.7 Å². The molecule has 144 valence electrons. The standard InChI is InChI=1S/C19H20N2O4.C2H6/c1-13-2-4-14(5-3-13)6-9-18(22)24-10-11-25-19(23)16-8-7-15(20)12-17(16)21;1-2/h2-9,12H,10-11,20-21H2,1H3;1-2H3/b9-6+;. The van der Waals surface area contributed by atoms with Gasteiger partial charge in [-0.2, -0.15) is 0 Å². The maximum atomic E-state index is 11.9. The summed E-state index contributed by atoms with van der Waals surface area (Å²) in [6, 6.07) is 12.2. The van der Waals surface area contributed by atoms with Crippen LogP contribution in [0.1, 0.15) is 35.3 Å². The number of hydrogen-bond acceptors (Lipinski definition) is 6. The molecular weight excluding hydrogens is 344 g/mol. The molecule has 0 bridgehead atoms. The van der Waals surface area contributed by atoms with Crippen LogP contribution in [0.15, 0.2) is 48.5 Å². The normalized spacial score (nSPS) is 10.0. The van der Waals surface area contributed by atoms with Crippen LogP contribution in [-0.2, 0) is 14.3 Å². The largest absolute Gasteiger partial charge is 0.459 e. The van der Waals surface area contributed by atoms with Crippen LogP contribution in [0.4, 0.5) is 11.4 Å². The molecule has 0 aromatic heterocycles. The zero-order valence-electron chi connectivity index (χ0n) is 15.9. The number of carbonyl (C=O) groups excluding carboxylic acids is 2. The molecule has 6 heteroatoms. The van der Waals surface area contributed by atoms with Crippen molar-refractivity contribution in [3.63, 3.8) is 0 Å². The fourth-order valence-corrected chi connectivity index (χ4v) is 2.01. The second kappa shape index (κ2) is 11.4. The second-order valence-electron chi connectivity index (χ2n) is 5.39. The van der Waals surface area contributed by atoms with Gasteiger partial charge in [0, 0.05) is 17.5 Å². The first-order valence-electron chi connectivity index (χ1n) is 8.69. The Balaban J connectivity index is 0.00000176. The predicted molar refractivity (Wildman–Crippen MR) is 108 cm³/mol. The number of benzene rings is 2. The van der Waals surface area contributed by atoms with Crippen LogP contribution < -0.4 is 11.5 Å². The van der Waals surface area contributed by atoms with Crippen molar-refractivity contribution in [2.75, 3.05) is 24.7 Å². The van der Waals surface area contributed by atoms with Crippen LogP contribution in [0.5, 0.6) is 0 Å². The molecule has 2 rings (SSSR count). The monoisotopic (exact) mass is 370 g/mol. The minimum absolute atomic E-state index is 0.0440. The number of esters is 2. The lowest BCUT2D eigenvalue weighted by atomic mass is 10.1. The molecule has 0 spiro atoms. The van der Waals surface area contributed by atoms with Crippen LogP contribution in [0.2, 0.25) is 0 Å². The molecule has 0 radical (unpaired) electrons. The summed E-state index contributed by atoms with van der Waals surface area (Å²) in [6.45, 7) is 5.88. The third-order valence-electron chi connectivity index (χ3n) is 3.35. The number of rotatable bonds is 6. The van der Waals surface area contributed by atoms with Crippen LogP contribution in [-0.4, -0.2) is 25.2 Å². The van der Waals surface area contributed by atoms with Crippen molar-refractivity contribution >= 4 is 29.4 Å². The Morgan fingerprint density at radius 3 is 2.22 bits per heavy atom. The molecule has 0 aliphatic heterocycles. The fourth-order valence-electron chi connectivity index (χ4n) is 2.01. The molecule has 0 saturated heterocycles. The van der Waals surface area contributed by atoms with E-state index in [0.717, 1.165) is 11.1 Å². The van der Waals surface area contributed by atoms with Gasteiger partial charge < -0.3 is 20.9 Å². The Morgan fingerprint density at radius 2 is 1.59 bits per heavy atom. The van der Waals surface area contributed by atoms with Crippen molar-refractivity contribution < 1.29 is 19.1 Å². The van der Waals surface area contributed by atoms with Crippen molar-refractivity contribution in [3.05, 3.63) is 65.2 Å². The van der Waals surface area contributed by atoms with Gasteiger partial charge in [-0.05, 0) is 36.8 Å². The highest BCUT2D eigenvalue weighted by atomic mass is 16.6. The van der Waals surface area contributed by atoms with E-state index < -0.39 is 11.9 Å². The molecule has 4 N–H and O–H groups in total. The molecule has 0 saturated carbocycles. The summed E-state index contributed by atoms with van der Waals surface area (Å²) in [6.07, 6.45) is 2.98. The van der Waals surface area contributed by atoms with Crippen molar-refractivity contribution in [2.24, 2.45) is 0 Å². The highest BCUT2D eigenvalue weighted by Gasteiger charge is 2.11. The summed E-state index contributed by atoms with van der Waals surface area (Å²) >= 11 is 0. The summed E-state index contributed by atoms with van der Waals surface area (Å²) in [4.78, 5) is 23.5. The average Bonchev–Trinajstić information content (AvgIpc) is 2.66. The van der Waals surface area contributed by atoms with Gasteiger partial charge in [-0.3, -0.25) is 0 Å². The van der Waals surface area contributed by atoms with Gasteiger partial charge in [0.1, 0.15) is 13.2 Å². The van der Waals surface area contributed by atoms with E-state index in [0.29, 0.717) is 5.69 Å². The minimum atomic E-state index is -0.594. The zero-order valence-corrected chi connectivity index (χ0v) is 15.9. The summed E-state index contributed by atoms with van der Waals surface area (Å²) in [5, 5.41) is 0. The van der Waals surface area contributed by atoms with Gasteiger partial charge in [0.05, 0.1) is 5.56 Å². The van der Waals surface area contributed by atoms with Crippen molar-refractivity contribution in [1.82, 2.24) is 0 Å². The lowest BCUT2D eigenvalue weighted by Gasteiger charge is -2.07. The quantitative estimate of drug-likeness (QED) is 0.348. The van der Waals surface area contributed by atoms with Gasteiger partial charge in [-0.25, -0.2) is 9.59 Å². The topological polar surface area (TPSA) is 105 Å². The molecule has 0 fully saturated rings. The molecular formula is C21H26N2O4. The highest BCUT2D eigenvalue weighted by molar-refractivity contribution is 5.95. The van der Waals surface area contributed by atoms with Gasteiger partial charge in [0.15, 0.2) is 0 Å². The Hall–Kier alpha value is -3.28. The molecule has 0 aliphatic rings. The summed E-state index contributed by atoms with van der Waals surface area (Å²) in [5.41, 5.74) is 14.2. The number of carbonyl (C=O) groups is 2. The van der Waals surface area contributed by atoms with Crippen molar-refractivity contribution in [2.45, 2.75) is 20.8 Å². The molecule has 2 aromatic rings. The van der Waals surface area contributed by atoms with Crippen LogP contribution >= 0.6 is 0 Å². The summed E-state index contributed by atoms with van der Waals surface area (Å²) in [7, 11) is 0. The van der Waals surface area contributed by atoms with Gasteiger partial charge >= 0.3 is 11.9 Å². The third kappa shape index (κ3) is 7.64. The predicted octanol–water partition coefficient (Wildman–Crippen LogP) is 3.60. The number of anilines is 2. The Kier molecular flexibility index (Phi) is 9.15. The smallest absolute Gasteiger partial charge is 0.340 e. The van der Waals surface area contributed by atoms with Crippen molar-refractivity contribution in [3.8, 4) is 0 Å². The van der Waals surface area contributed by atoms with Gasteiger partial charge in [0.2, 0.25) is 0 Å². The molecule has 0 amide bonds. The molecule has 0 aliphatic carbocycles. The van der Waals surface area contributed by atoms with Crippen LogP contribution in [0.25, 0.3) is 6.08 Å². The molecule has 0 heterocycles. The van der Waals surface area contributed by atoms with Crippen molar-refractivity contribution in [1.29, 1.82) is 0 Å². The molecule has 0 atom stereocenters. The second-order valence-corrected chi connectivity index (χ2v) is 5.39. The van der Waals surface area contributed by atoms with Crippen LogP contribution in [0.3, 0.4) is 0 Å². The molecule has 0 unspecified atom stereocenters. The van der Waals surface area contributed by atoms with E-state index in [2.05, 4.69) is 0 Å². The summed E-state index contributed by atoms with van der Waals surface area (Å²) < 4.78 is 9.98. The number of ether oxygens (including phenoxy) is 2. The Labute approximate surface area is 159 Å². The van der Waals surface area contributed by atoms with E-state index >= 15 is 0 Å². The van der Waals surface area contributed by atoms with E-state index in [-0.39, 0.29) is 24.5 Å². The maximum absolute atomic E-state index is 11.9. The first-order valence-corrected chi connectivity index (χ1v) is 8.69. The number of aryl methyl sites for hydroxylation is 1. The Morgan fingerprint density at radius 1 is 0.963 bits per heavy atom. The first kappa shape index (κ1) is 21.8. The number of nitrogens with two attached hydrogens (primary N) is 2. The number of nitrogen functional groups attached to an aromatic ring is 2. The van der Waals surface area contributed by atoms with Gasteiger partial charge in [-0.15, -0.1) is 0 Å². The van der Waals surface area contributed by atoms with E-state index in [1.54, 1.807) is 12.1 Å². The van der Waals surface area contributed by atoms with Gasteiger partial charge in [0.25, 0.3) is 0 Å². The lowest BCUT2D eigenvalue weighted by molar-refractivity contribution is -0.138. The van der Waals surface area contributed by atoms with E-state index in [4.69, 9.17) is 20.9 Å². The summed E-state index contributed by atoms with van der Waals surface area (Å²) in [5.74, 6) is -1.10. The molecule has 2 aromatic carbocycles. The Bertz CT molecular complexity index is 783. The molecule has 27 heavy (non-hydrogen) atoms. The molecule has 6 nitrogen and oxygen atoms in total. The zero-order chi connectivity index (χ0) is 20.2. The van der Waals surface area contributed by atoms with E-state index in [1.165, 1.54) is 18.2 Å². The fraction of sp³-hybridized carbons (Fsp3) is 0.238. The lowest BCUT2D eigenvalue weighted by Crippen LogP contribution is -2.14. The highest BCUT2D eigenvalue weighted by Crippen LogP contribution is 2.16. The van der Waals surface area contributed by atoms with E-state index in [1.807, 2.05) is 45.0 Å². The first-order chi connectivity index (χ1) is 13.0. The maximum Gasteiger partial charge on any atom is 0.340 e. The number of hydrogen-bond donors (Lipinski definition) is 2. The average molecular weight is 370 g/mol. The SMILES string of the molecule is CC.Cc1ccc(/C=C/C(=O)OCCOC(=O)c2ccc(N)cc2N)cc1. The third-order valence-corrected chi connectivity index (χ3v) is 3.35. The van der Waals surface area contributed by atoms with E-state index in [9.17, 15) is 9.59 Å².